The van der Waals surface area contributed by atoms with Crippen molar-refractivity contribution in [2.75, 3.05) is 11.4 Å². The second-order valence-corrected chi connectivity index (χ2v) is 7.89. The van der Waals surface area contributed by atoms with Gasteiger partial charge in [-0.1, -0.05) is 24.3 Å². The number of fused-ring (bicyclic) bond motifs is 3. The van der Waals surface area contributed by atoms with E-state index in [-0.39, 0.29) is 30.2 Å². The van der Waals surface area contributed by atoms with Crippen molar-refractivity contribution < 1.29 is 14.0 Å². The Kier molecular flexibility index (Phi) is 4.42. The Morgan fingerprint density at radius 1 is 1.00 bits per heavy atom. The van der Waals surface area contributed by atoms with E-state index in [0.717, 1.165) is 35.5 Å². The van der Waals surface area contributed by atoms with Crippen LogP contribution in [0.1, 0.15) is 37.1 Å². The van der Waals surface area contributed by atoms with Crippen molar-refractivity contribution in [2.24, 2.45) is 0 Å². The van der Waals surface area contributed by atoms with Gasteiger partial charge in [-0.2, -0.15) is 0 Å². The van der Waals surface area contributed by atoms with E-state index in [2.05, 4.69) is 4.57 Å². The van der Waals surface area contributed by atoms with Crippen LogP contribution in [-0.2, 0) is 9.59 Å². The van der Waals surface area contributed by atoms with E-state index in [1.54, 1.807) is 21.9 Å². The van der Waals surface area contributed by atoms with Gasteiger partial charge in [-0.05, 0) is 54.8 Å². The van der Waals surface area contributed by atoms with Crippen molar-refractivity contribution in [2.45, 2.75) is 31.8 Å². The summed E-state index contributed by atoms with van der Waals surface area (Å²) in [5, 5.41) is 0. The van der Waals surface area contributed by atoms with E-state index >= 15 is 0 Å². The van der Waals surface area contributed by atoms with Gasteiger partial charge in [0.2, 0.25) is 11.8 Å². The molecule has 3 aromatic rings. The van der Waals surface area contributed by atoms with Gasteiger partial charge in [0.1, 0.15) is 18.4 Å². The molecule has 0 radical (unpaired) electrons. The SMILES string of the molecule is CC(=O)N(CC(=O)N1c2ccccc2-n2cccc2C1c1ccc(F)cc1)C1CC1. The summed E-state index contributed by atoms with van der Waals surface area (Å²) in [6, 6.07) is 17.7. The maximum atomic E-state index is 13.6. The molecule has 1 atom stereocenters. The van der Waals surface area contributed by atoms with E-state index in [4.69, 9.17) is 0 Å². The fourth-order valence-corrected chi connectivity index (χ4v) is 4.33. The zero-order valence-corrected chi connectivity index (χ0v) is 16.7. The summed E-state index contributed by atoms with van der Waals surface area (Å²) >= 11 is 0. The van der Waals surface area contributed by atoms with E-state index in [1.165, 1.54) is 19.1 Å². The van der Waals surface area contributed by atoms with Crippen molar-refractivity contribution in [3.05, 3.63) is 83.9 Å². The first-order valence-electron chi connectivity index (χ1n) is 10.2. The lowest BCUT2D eigenvalue weighted by Gasteiger charge is -2.39. The Morgan fingerprint density at radius 2 is 1.70 bits per heavy atom. The van der Waals surface area contributed by atoms with Gasteiger partial charge >= 0.3 is 0 Å². The van der Waals surface area contributed by atoms with Crippen LogP contribution in [0.2, 0.25) is 0 Å². The fourth-order valence-electron chi connectivity index (χ4n) is 4.33. The molecular weight excluding hydrogens is 381 g/mol. The molecule has 2 amide bonds. The van der Waals surface area contributed by atoms with Gasteiger partial charge in [0.05, 0.1) is 17.1 Å². The Labute approximate surface area is 174 Å². The summed E-state index contributed by atoms with van der Waals surface area (Å²) < 4.78 is 15.7. The van der Waals surface area contributed by atoms with Crippen molar-refractivity contribution in [1.82, 2.24) is 9.47 Å². The highest BCUT2D eigenvalue weighted by Gasteiger charge is 2.39. The smallest absolute Gasteiger partial charge is 0.247 e. The van der Waals surface area contributed by atoms with Crippen LogP contribution in [-0.4, -0.2) is 33.9 Å². The van der Waals surface area contributed by atoms with Crippen LogP contribution >= 0.6 is 0 Å². The lowest BCUT2D eigenvalue weighted by atomic mass is 9.97. The molecule has 1 aliphatic heterocycles. The molecule has 0 bridgehead atoms. The van der Waals surface area contributed by atoms with E-state index in [0.29, 0.717) is 0 Å². The van der Waals surface area contributed by atoms with Crippen molar-refractivity contribution >= 4 is 17.5 Å². The van der Waals surface area contributed by atoms with Gasteiger partial charge in [-0.15, -0.1) is 0 Å². The molecule has 5 nitrogen and oxygen atoms in total. The van der Waals surface area contributed by atoms with E-state index in [1.807, 2.05) is 42.6 Å². The molecule has 0 N–H and O–H groups in total. The average Bonchev–Trinajstić information content (AvgIpc) is 3.46. The normalized spacial score (nSPS) is 17.3. The Morgan fingerprint density at radius 3 is 2.37 bits per heavy atom. The largest absolute Gasteiger partial charge is 0.331 e. The number of benzene rings is 2. The van der Waals surface area contributed by atoms with Crippen LogP contribution in [0.3, 0.4) is 0 Å². The molecule has 1 fully saturated rings. The third kappa shape index (κ3) is 3.09. The van der Waals surface area contributed by atoms with Gasteiger partial charge < -0.3 is 9.47 Å². The molecule has 152 valence electrons. The number of carbonyl (C=O) groups is 2. The maximum absolute atomic E-state index is 13.6. The number of hydrogen-bond donors (Lipinski definition) is 0. The molecule has 0 saturated heterocycles. The lowest BCUT2D eigenvalue weighted by Crippen LogP contribution is -2.47. The van der Waals surface area contributed by atoms with E-state index < -0.39 is 6.04 Å². The predicted molar refractivity (Wildman–Crippen MR) is 112 cm³/mol. The van der Waals surface area contributed by atoms with Gasteiger partial charge in [0.25, 0.3) is 0 Å². The second-order valence-electron chi connectivity index (χ2n) is 7.89. The number of rotatable bonds is 4. The molecule has 1 unspecified atom stereocenters. The Bertz CT molecular complexity index is 1120. The monoisotopic (exact) mass is 403 g/mol. The topological polar surface area (TPSA) is 45.6 Å². The van der Waals surface area contributed by atoms with Crippen LogP contribution in [0.5, 0.6) is 0 Å². The van der Waals surface area contributed by atoms with Crippen LogP contribution in [0.4, 0.5) is 10.1 Å². The number of carbonyl (C=O) groups excluding carboxylic acids is 2. The highest BCUT2D eigenvalue weighted by atomic mass is 19.1. The fraction of sp³-hybridized carbons (Fsp3) is 0.250. The minimum absolute atomic E-state index is 0.0345. The van der Waals surface area contributed by atoms with Crippen molar-refractivity contribution in [3.63, 3.8) is 0 Å². The molecule has 1 aromatic heterocycles. The van der Waals surface area contributed by atoms with Crippen LogP contribution in [0, 0.1) is 5.82 Å². The zero-order chi connectivity index (χ0) is 20.8. The minimum Gasteiger partial charge on any atom is -0.331 e. The van der Waals surface area contributed by atoms with Gasteiger partial charge in [0.15, 0.2) is 0 Å². The van der Waals surface area contributed by atoms with Gasteiger partial charge in [-0.25, -0.2) is 4.39 Å². The van der Waals surface area contributed by atoms with Gasteiger partial charge in [-0.3, -0.25) is 14.5 Å². The molecule has 1 saturated carbocycles. The number of aromatic nitrogens is 1. The summed E-state index contributed by atoms with van der Waals surface area (Å²) in [6.07, 6.45) is 3.85. The molecule has 0 spiro atoms. The molecule has 2 aromatic carbocycles. The number of amides is 2. The highest BCUT2D eigenvalue weighted by Crippen LogP contribution is 2.42. The molecule has 1 aliphatic carbocycles. The van der Waals surface area contributed by atoms with Crippen molar-refractivity contribution in [1.29, 1.82) is 0 Å². The minimum atomic E-state index is -0.406. The Balaban J connectivity index is 1.62. The first kappa shape index (κ1) is 18.6. The van der Waals surface area contributed by atoms with E-state index in [9.17, 15) is 14.0 Å². The average molecular weight is 403 g/mol. The summed E-state index contributed by atoms with van der Waals surface area (Å²) in [6.45, 7) is 1.55. The number of halogens is 1. The van der Waals surface area contributed by atoms with Gasteiger partial charge in [0, 0.05) is 19.2 Å². The summed E-state index contributed by atoms with van der Waals surface area (Å²) in [5.74, 6) is -0.552. The summed E-state index contributed by atoms with van der Waals surface area (Å²) in [4.78, 5) is 29.2. The predicted octanol–water partition coefficient (Wildman–Crippen LogP) is 4.06. The Hall–Kier alpha value is -3.41. The summed E-state index contributed by atoms with van der Waals surface area (Å²) in [5.41, 5.74) is 3.43. The highest BCUT2D eigenvalue weighted by molar-refractivity contribution is 6.00. The number of hydrogen-bond acceptors (Lipinski definition) is 2. The van der Waals surface area contributed by atoms with Crippen molar-refractivity contribution in [3.8, 4) is 5.69 Å². The molecule has 6 heteroatoms. The third-order valence-corrected chi connectivity index (χ3v) is 5.87. The molecular formula is C24H22FN3O2. The zero-order valence-electron chi connectivity index (χ0n) is 16.7. The lowest BCUT2D eigenvalue weighted by molar-refractivity contribution is -0.134. The molecule has 2 heterocycles. The number of anilines is 1. The maximum Gasteiger partial charge on any atom is 0.247 e. The third-order valence-electron chi connectivity index (χ3n) is 5.87. The number of nitrogens with zero attached hydrogens (tertiary/aromatic N) is 3. The molecule has 2 aliphatic rings. The molecule has 5 rings (SSSR count). The second kappa shape index (κ2) is 7.13. The first-order chi connectivity index (χ1) is 14.5. The number of para-hydroxylation sites is 2. The van der Waals surface area contributed by atoms with Crippen LogP contribution in [0.15, 0.2) is 66.9 Å². The summed E-state index contributed by atoms with van der Waals surface area (Å²) in [7, 11) is 0. The van der Waals surface area contributed by atoms with Crippen LogP contribution in [0.25, 0.3) is 5.69 Å². The first-order valence-corrected chi connectivity index (χ1v) is 10.2. The van der Waals surface area contributed by atoms with Crippen LogP contribution < -0.4 is 4.90 Å². The molecule has 30 heavy (non-hydrogen) atoms. The standard InChI is InChI=1S/C24H22FN3O2/c1-16(29)27(19-12-13-19)15-23(30)28-21-6-3-2-5-20(21)26-14-4-7-22(26)24(28)17-8-10-18(25)11-9-17/h2-11,14,19,24H,12-13,15H2,1H3. The quantitative estimate of drug-likeness (QED) is 0.659.